The van der Waals surface area contributed by atoms with Crippen LogP contribution in [0, 0.1) is 45.3 Å². The minimum absolute atomic E-state index is 0.0227. The fourth-order valence-corrected chi connectivity index (χ4v) is 21.2. The molecule has 4 heterocycles. The van der Waals surface area contributed by atoms with Crippen molar-refractivity contribution in [1.82, 2.24) is 16.0 Å². The van der Waals surface area contributed by atoms with Crippen LogP contribution in [-0.2, 0) is 85.7 Å². The topological polar surface area (TPSA) is 456 Å². The molecule has 2 saturated heterocycles. The maximum atomic E-state index is 15.6. The summed E-state index contributed by atoms with van der Waals surface area (Å²) in [6.45, 7) is 31.7. The van der Waals surface area contributed by atoms with Crippen LogP contribution in [0.4, 0.5) is 14.4 Å². The van der Waals surface area contributed by atoms with E-state index in [1.807, 2.05) is 0 Å². The van der Waals surface area contributed by atoms with Gasteiger partial charge in [-0.2, -0.15) is 0 Å². The molecule has 8 N–H and O–H groups in total. The minimum Gasteiger partial charge on any atom is -0.457 e. The Kier molecular flexibility index (Phi) is 28.6. The first-order valence-corrected chi connectivity index (χ1v) is 43.2. The van der Waals surface area contributed by atoms with Gasteiger partial charge in [-0.15, -0.1) is 22.7 Å². The molecule has 2 aliphatic heterocycles. The van der Waals surface area contributed by atoms with E-state index < -0.39 is 231 Å². The van der Waals surface area contributed by atoms with Gasteiger partial charge in [-0.1, -0.05) is 76.2 Å². The van der Waals surface area contributed by atoms with Gasteiger partial charge in [0.25, 0.3) is 0 Å². The number of aliphatic hydroxyl groups is 5. The van der Waals surface area contributed by atoms with Crippen LogP contribution in [-0.4, -0.2) is 218 Å². The Labute approximate surface area is 728 Å². The predicted octanol–water partition coefficient (Wildman–Crippen LogP) is 10.3. The average Bonchev–Trinajstić information content (AvgIpc) is 0.707. The molecular weight excluding hydrogens is 1650 g/mol. The van der Waals surface area contributed by atoms with E-state index in [1.165, 1.54) is 80.7 Å². The second-order valence-electron chi connectivity index (χ2n) is 36.5. The maximum Gasteiger partial charge on any atom is 0.408 e. The van der Waals surface area contributed by atoms with Crippen molar-refractivity contribution in [2.24, 2.45) is 50.3 Å². The molecule has 2 unspecified atom stereocenters. The summed E-state index contributed by atoms with van der Waals surface area (Å²) < 4.78 is 66.2. The number of isocyanates is 1. The SMILES string of the molecule is CC(=O)O[C@@]12CO[C@@H]1C[C@H](O)[C@@]1(C)C(=O)[C@H](O)C3=C(C)[C@@H](OC(=O)[C@H](C)[C@@H](NC(=O)OC(C)(C)C)c4cccs4)C[C@@](O)([C@@H](OC(=O)c4ccccc4)C12)C3(C)C.CCN=C=O.CCNC(=O)O[C@H]1C(=O)[C@@]2(C)C([C@H](OC(=O)c3ccccc3)[C@]3(O)C[C@H](OC(=O)[C@H](C)[C@@H](NC(=O)OC(C)(C)C)c4cccs4)C(C)=C1C3(C)C)[C@]1(OC(C)=O)CO[C@@H]1C[C@@H]2O. The van der Waals surface area contributed by atoms with Crippen molar-refractivity contribution >= 4 is 94.4 Å². The van der Waals surface area contributed by atoms with Gasteiger partial charge in [0.1, 0.15) is 65.1 Å². The number of carbonyl (C=O) groups is 11. The van der Waals surface area contributed by atoms with E-state index in [0.29, 0.717) is 16.3 Å². The molecule has 8 aliphatic rings. The molecule has 2 aromatic heterocycles. The summed E-state index contributed by atoms with van der Waals surface area (Å²) in [7, 11) is 0. The molecule has 0 radical (unpaired) electrons. The van der Waals surface area contributed by atoms with Crippen molar-refractivity contribution < 1.29 is 135 Å². The first-order chi connectivity index (χ1) is 57.8. The van der Waals surface area contributed by atoms with Crippen LogP contribution < -0.4 is 16.0 Å². The molecule has 22 atom stereocenters. The lowest BCUT2D eigenvalue weighted by molar-refractivity contribution is -0.346. The first kappa shape index (κ1) is 96.6. The molecule has 3 amide bonds. The number of nitrogens with zero attached hydrogens (tertiary/aromatic N) is 1. The Morgan fingerprint density at radius 3 is 1.27 bits per heavy atom. The number of benzene rings is 2. The smallest absolute Gasteiger partial charge is 0.408 e. The number of amides is 3. The highest BCUT2D eigenvalue weighted by Crippen LogP contribution is 2.67. The van der Waals surface area contributed by atoms with Crippen molar-refractivity contribution in [1.29, 1.82) is 0 Å². The summed E-state index contributed by atoms with van der Waals surface area (Å²) in [4.78, 5) is 167. The van der Waals surface area contributed by atoms with Gasteiger partial charge in [-0.25, -0.2) is 33.8 Å². The number of hydrogen-bond donors (Lipinski definition) is 8. The number of hydrogen-bond acceptors (Lipinski definition) is 31. The molecule has 6 fully saturated rings. The van der Waals surface area contributed by atoms with Gasteiger partial charge in [0, 0.05) is 73.2 Å². The molecule has 124 heavy (non-hydrogen) atoms. The Balaban J connectivity index is 0.000000247. The van der Waals surface area contributed by atoms with E-state index in [9.17, 15) is 73.5 Å². The van der Waals surface area contributed by atoms with Gasteiger partial charge in [-0.3, -0.25) is 28.8 Å². The van der Waals surface area contributed by atoms with Crippen LogP contribution in [0.15, 0.2) is 123 Å². The number of fused-ring (bicyclic) bond motifs is 10. The number of rotatable bonds is 19. The molecule has 4 aromatic rings. The Morgan fingerprint density at radius 1 is 0.556 bits per heavy atom. The quantitative estimate of drug-likeness (QED) is 0.0142. The van der Waals surface area contributed by atoms with E-state index in [2.05, 4.69) is 20.9 Å². The monoisotopic (exact) mass is 1760 g/mol. The highest BCUT2D eigenvalue weighted by Gasteiger charge is 2.81. The zero-order chi connectivity index (χ0) is 91.9. The minimum atomic E-state index is -2.33. The lowest BCUT2D eigenvalue weighted by Gasteiger charge is -2.67. The maximum absolute atomic E-state index is 15.6. The van der Waals surface area contributed by atoms with E-state index in [-0.39, 0.29) is 66.0 Å². The molecular formula is C90H116N4O28S2. The van der Waals surface area contributed by atoms with Crippen LogP contribution in [0.3, 0.4) is 0 Å². The Bertz CT molecular complexity index is 4780. The van der Waals surface area contributed by atoms with E-state index in [1.54, 1.807) is 182 Å². The standard InChI is InChI=1S/C45H58N2O14S.C42H53NO13S.C3H5NO/c1-11-46-39(53)58-33-31-23(2)27(57-37(51)24(3)32(28-18-15-19-62-28)47-40(54)61-41(5,6)7)21-45(55,42(31,8)9)36(59-38(52)26-16-13-12-14-17-26)34-43(10,35(33)50)29(49)20-30-44(34,22-56-30)60-25(4)48;1-21-25(53-35(48)22(2)30(26-16-13-17-57-26)43-37(50)56-38(4,5)6)19-42(51)34(54-36(49)24-14-11-10-12-15-24)32-40(9,33(47)31(46)29(21)39(42,7)8)27(45)18-28-41(32,20-52-28)55-23(3)44;1-2-4-3-5/h12-19,24,27,29-30,32-34,36,49,55H,11,20-22H2,1-10H3,(H,46,53)(H,47,54);10-17,22,25,27-28,30-32,34,45-46,51H,18-20H2,1-9H3,(H,43,50);2H2,1H3/t24-,27+,29+,30-,32-,33-,34?,36+,43-,44+,45-;22-,25+,27+,28-,30-,31-,32?,34+,40-,41+,42-;/m11./s1. The lowest BCUT2D eigenvalue weighted by atomic mass is 9.44. The van der Waals surface area contributed by atoms with E-state index in [4.69, 9.17) is 56.9 Å². The molecule has 0 spiro atoms. The number of aliphatic hydroxyl groups excluding tert-OH is 3. The van der Waals surface area contributed by atoms with E-state index in [0.717, 1.165) is 0 Å². The van der Waals surface area contributed by atoms with Crippen molar-refractivity contribution in [3.8, 4) is 0 Å². The average molecular weight is 1770 g/mol. The summed E-state index contributed by atoms with van der Waals surface area (Å²) >= 11 is 2.61. The second kappa shape index (κ2) is 36.8. The van der Waals surface area contributed by atoms with Gasteiger partial charge in [0.2, 0.25) is 6.08 Å². The van der Waals surface area contributed by atoms with Crippen molar-refractivity contribution in [3.05, 3.63) is 139 Å². The lowest BCUT2D eigenvalue weighted by Crippen LogP contribution is -2.82. The van der Waals surface area contributed by atoms with Crippen molar-refractivity contribution in [3.63, 3.8) is 0 Å². The molecule has 12 rings (SSSR count). The zero-order valence-electron chi connectivity index (χ0n) is 73.5. The molecule has 2 aromatic carbocycles. The second-order valence-corrected chi connectivity index (χ2v) is 38.5. The van der Waals surface area contributed by atoms with Crippen LogP contribution >= 0.6 is 22.7 Å². The summed E-state index contributed by atoms with van der Waals surface area (Å²) in [5.74, 6) is -11.6. The van der Waals surface area contributed by atoms with Crippen LogP contribution in [0.2, 0.25) is 0 Å². The largest absolute Gasteiger partial charge is 0.457 e. The number of carbonyl (C=O) groups excluding carboxylic acids is 12. The summed E-state index contributed by atoms with van der Waals surface area (Å²) in [6, 6.07) is 21.2. The van der Waals surface area contributed by atoms with Gasteiger partial charge in [0.05, 0.1) is 83.1 Å². The number of aliphatic imine (C=N–C) groups is 1. The number of ketones is 2. The molecule has 34 heteroatoms. The highest BCUT2D eigenvalue weighted by atomic mass is 32.1. The molecule has 6 aliphatic carbocycles. The molecule has 676 valence electrons. The first-order valence-electron chi connectivity index (χ1n) is 41.4. The third kappa shape index (κ3) is 18.1. The third-order valence-electron chi connectivity index (χ3n) is 25.9. The van der Waals surface area contributed by atoms with Crippen molar-refractivity contribution in [2.75, 3.05) is 26.3 Å². The zero-order valence-corrected chi connectivity index (χ0v) is 75.2. The number of thiophene rings is 2. The number of alkyl carbamates (subject to hydrolysis) is 3. The number of esters is 6. The fourth-order valence-electron chi connectivity index (χ4n) is 19.4. The fraction of sp³-hybridized carbons (Fsp3) is 0.600. The molecule has 32 nitrogen and oxygen atoms in total. The number of nitrogens with one attached hydrogen (secondary N) is 3. The molecule has 4 saturated carbocycles. The van der Waals surface area contributed by atoms with Gasteiger partial charge in [0.15, 0.2) is 28.9 Å². The number of Topliss-reactive ketones (excluding diaryl/α,β-unsaturated/α-hetero) is 2. The Morgan fingerprint density at radius 2 is 0.944 bits per heavy atom. The van der Waals surface area contributed by atoms with Gasteiger partial charge in [-0.05, 0) is 166 Å². The summed E-state index contributed by atoms with van der Waals surface area (Å²) in [6.07, 6.45) is -17.2. The predicted molar refractivity (Wildman–Crippen MR) is 446 cm³/mol. The number of ether oxygens (including phenoxy) is 11. The summed E-state index contributed by atoms with van der Waals surface area (Å²) in [5, 5.41) is 75.1. The normalized spacial score (nSPS) is 32.0. The van der Waals surface area contributed by atoms with Crippen LogP contribution in [0.5, 0.6) is 0 Å². The molecule has 4 bridgehead atoms. The Hall–Kier alpha value is -9.61. The summed E-state index contributed by atoms with van der Waals surface area (Å²) in [5.41, 5.74) is -16.1. The van der Waals surface area contributed by atoms with E-state index >= 15 is 4.79 Å². The van der Waals surface area contributed by atoms with Gasteiger partial charge >= 0.3 is 54.1 Å². The van der Waals surface area contributed by atoms with Gasteiger partial charge < -0.3 is 93.6 Å². The third-order valence-corrected chi connectivity index (χ3v) is 27.8. The van der Waals surface area contributed by atoms with Crippen molar-refractivity contribution in [2.45, 2.75) is 271 Å². The highest BCUT2D eigenvalue weighted by molar-refractivity contribution is 7.10. The van der Waals surface area contributed by atoms with Crippen LogP contribution in [0.1, 0.15) is 207 Å². The van der Waals surface area contributed by atoms with Crippen LogP contribution in [0.25, 0.3) is 0 Å².